The van der Waals surface area contributed by atoms with Crippen molar-refractivity contribution in [1.29, 1.82) is 0 Å². The molecule has 0 aromatic heterocycles. The van der Waals surface area contributed by atoms with Gasteiger partial charge in [-0.15, -0.1) is 0 Å². The number of thioether (sulfide) groups is 1. The number of anilines is 1. The molecule has 1 atom stereocenters. The largest absolute Gasteiger partial charge is 0.326 e. The summed E-state index contributed by atoms with van der Waals surface area (Å²) in [7, 11) is 1.56. The van der Waals surface area contributed by atoms with Crippen LogP contribution in [-0.2, 0) is 9.59 Å². The summed E-state index contributed by atoms with van der Waals surface area (Å²) in [5, 5.41) is 2.41. The Morgan fingerprint density at radius 1 is 1.19 bits per heavy atom. The number of amides is 2. The van der Waals surface area contributed by atoms with Crippen LogP contribution in [0.5, 0.6) is 0 Å². The zero-order chi connectivity index (χ0) is 18.7. The van der Waals surface area contributed by atoms with Crippen molar-refractivity contribution in [2.24, 2.45) is 4.99 Å². The lowest BCUT2D eigenvalue weighted by atomic mass is 10.2. The van der Waals surface area contributed by atoms with Gasteiger partial charge in [0, 0.05) is 19.2 Å². The van der Waals surface area contributed by atoms with Gasteiger partial charge in [0.1, 0.15) is 16.9 Å². The molecule has 2 aromatic carbocycles. The number of carbonyl (C=O) groups is 2. The minimum absolute atomic E-state index is 0.0482. The van der Waals surface area contributed by atoms with E-state index in [4.69, 9.17) is 0 Å². The maximum atomic E-state index is 13.3. The fourth-order valence-corrected chi connectivity index (χ4v) is 3.52. The third-order valence-electron chi connectivity index (χ3n) is 3.67. The van der Waals surface area contributed by atoms with Crippen molar-refractivity contribution in [3.05, 3.63) is 60.2 Å². The second-order valence-electron chi connectivity index (χ2n) is 5.64. The Morgan fingerprint density at radius 2 is 1.92 bits per heavy atom. The van der Waals surface area contributed by atoms with Gasteiger partial charge in [-0.2, -0.15) is 0 Å². The number of halogens is 2. The van der Waals surface area contributed by atoms with Crippen LogP contribution >= 0.6 is 11.8 Å². The highest BCUT2D eigenvalue weighted by Gasteiger charge is 2.37. The van der Waals surface area contributed by atoms with Crippen LogP contribution in [0.1, 0.15) is 6.42 Å². The molecular formula is C18H15F2N3O2S. The number of carbonyl (C=O) groups excluding carboxylic acids is 2. The molecule has 2 amide bonds. The molecule has 0 unspecified atom stereocenters. The Balaban J connectivity index is 1.66. The van der Waals surface area contributed by atoms with Crippen molar-refractivity contribution in [3.8, 4) is 0 Å². The quantitative estimate of drug-likeness (QED) is 0.889. The van der Waals surface area contributed by atoms with Gasteiger partial charge in [-0.25, -0.2) is 13.8 Å². The van der Waals surface area contributed by atoms with Gasteiger partial charge in [0.25, 0.3) is 0 Å². The van der Waals surface area contributed by atoms with Crippen molar-refractivity contribution in [1.82, 2.24) is 4.90 Å². The van der Waals surface area contributed by atoms with E-state index in [9.17, 15) is 18.4 Å². The molecule has 1 fully saturated rings. The van der Waals surface area contributed by atoms with Crippen LogP contribution in [-0.4, -0.2) is 34.2 Å². The highest BCUT2D eigenvalue weighted by molar-refractivity contribution is 8.15. The van der Waals surface area contributed by atoms with E-state index in [1.54, 1.807) is 13.1 Å². The number of aliphatic imine (C=N–C) groups is 1. The minimum atomic E-state index is -0.618. The first-order valence-electron chi connectivity index (χ1n) is 7.76. The minimum Gasteiger partial charge on any atom is -0.326 e. The second-order valence-corrected chi connectivity index (χ2v) is 6.81. The summed E-state index contributed by atoms with van der Waals surface area (Å²) in [5.74, 6) is -1.43. The summed E-state index contributed by atoms with van der Waals surface area (Å²) in [4.78, 5) is 30.1. The molecule has 1 N–H and O–H groups in total. The molecule has 3 rings (SSSR count). The third kappa shape index (κ3) is 4.26. The van der Waals surface area contributed by atoms with Crippen LogP contribution < -0.4 is 5.32 Å². The predicted octanol–water partition coefficient (Wildman–Crippen LogP) is 3.55. The van der Waals surface area contributed by atoms with Crippen LogP contribution in [0, 0.1) is 11.6 Å². The Hall–Kier alpha value is -2.74. The lowest BCUT2D eigenvalue weighted by molar-refractivity contribution is -0.127. The monoisotopic (exact) mass is 375 g/mol. The fraction of sp³-hybridized carbons (Fsp3) is 0.167. The average Bonchev–Trinajstić information content (AvgIpc) is 2.85. The molecule has 1 aliphatic heterocycles. The van der Waals surface area contributed by atoms with Gasteiger partial charge in [-0.3, -0.25) is 14.5 Å². The Labute approximate surface area is 153 Å². The molecule has 2 aromatic rings. The number of hydrogen-bond acceptors (Lipinski definition) is 4. The highest BCUT2D eigenvalue weighted by atomic mass is 32.2. The summed E-state index contributed by atoms with van der Waals surface area (Å²) in [6.07, 6.45) is -0.0482. The van der Waals surface area contributed by atoms with Crippen molar-refractivity contribution >= 4 is 40.1 Å². The van der Waals surface area contributed by atoms with E-state index >= 15 is 0 Å². The third-order valence-corrected chi connectivity index (χ3v) is 4.90. The number of amidine groups is 1. The fourth-order valence-electron chi connectivity index (χ4n) is 2.37. The van der Waals surface area contributed by atoms with Crippen LogP contribution in [0.25, 0.3) is 0 Å². The average molecular weight is 375 g/mol. The molecule has 0 bridgehead atoms. The van der Waals surface area contributed by atoms with Gasteiger partial charge in [-0.05, 0) is 42.5 Å². The summed E-state index contributed by atoms with van der Waals surface area (Å²) < 4.78 is 26.2. The second kappa shape index (κ2) is 7.65. The molecule has 134 valence electrons. The molecule has 1 saturated heterocycles. The predicted molar refractivity (Wildman–Crippen MR) is 97.3 cm³/mol. The molecular weight excluding hydrogens is 360 g/mol. The Bertz CT molecular complexity index is 871. The van der Waals surface area contributed by atoms with Crippen molar-refractivity contribution in [2.75, 3.05) is 12.4 Å². The molecule has 0 saturated carbocycles. The van der Waals surface area contributed by atoms with Crippen LogP contribution in [0.15, 0.2) is 53.5 Å². The lowest BCUT2D eigenvalue weighted by Gasteiger charge is -2.09. The van der Waals surface area contributed by atoms with E-state index in [2.05, 4.69) is 10.3 Å². The van der Waals surface area contributed by atoms with Gasteiger partial charge >= 0.3 is 0 Å². The van der Waals surface area contributed by atoms with Gasteiger partial charge in [0.05, 0.1) is 5.69 Å². The van der Waals surface area contributed by atoms with E-state index in [0.29, 0.717) is 16.5 Å². The molecule has 1 aliphatic rings. The van der Waals surface area contributed by atoms with Crippen molar-refractivity contribution in [3.63, 3.8) is 0 Å². The molecule has 0 spiro atoms. The summed E-state index contributed by atoms with van der Waals surface area (Å²) in [6, 6.07) is 11.1. The van der Waals surface area contributed by atoms with E-state index in [1.165, 1.54) is 47.4 Å². The summed E-state index contributed by atoms with van der Waals surface area (Å²) in [6.45, 7) is 0. The van der Waals surface area contributed by atoms with Gasteiger partial charge in [0.15, 0.2) is 5.17 Å². The zero-order valence-corrected chi connectivity index (χ0v) is 14.6. The van der Waals surface area contributed by atoms with E-state index < -0.39 is 16.9 Å². The number of rotatable bonds is 4. The maximum absolute atomic E-state index is 13.3. The number of nitrogens with zero attached hydrogens (tertiary/aromatic N) is 2. The van der Waals surface area contributed by atoms with Crippen LogP contribution in [0.2, 0.25) is 0 Å². The normalized spacial score (nSPS) is 18.4. The molecule has 5 nitrogen and oxygen atoms in total. The van der Waals surface area contributed by atoms with Crippen molar-refractivity contribution < 1.29 is 18.4 Å². The first-order chi connectivity index (χ1) is 12.4. The Kier molecular flexibility index (Phi) is 5.32. The molecule has 1 heterocycles. The van der Waals surface area contributed by atoms with E-state index in [-0.39, 0.29) is 18.2 Å². The SMILES string of the molecule is CN1C(=O)[C@H](CC(=O)Nc2ccc(F)cc2)SC1=Nc1cccc(F)c1. The number of nitrogens with one attached hydrogen (secondary N) is 1. The van der Waals surface area contributed by atoms with Gasteiger partial charge in [-0.1, -0.05) is 17.8 Å². The zero-order valence-electron chi connectivity index (χ0n) is 13.8. The maximum Gasteiger partial charge on any atom is 0.242 e. The number of hydrogen-bond donors (Lipinski definition) is 1. The first kappa shape index (κ1) is 18.1. The number of benzene rings is 2. The summed E-state index contributed by atoms with van der Waals surface area (Å²) >= 11 is 1.15. The molecule has 0 radical (unpaired) electrons. The smallest absolute Gasteiger partial charge is 0.242 e. The van der Waals surface area contributed by atoms with Crippen molar-refractivity contribution in [2.45, 2.75) is 11.7 Å². The standard InChI is InChI=1S/C18H15F2N3O2S/c1-23-17(25)15(10-16(24)21-13-7-5-11(19)6-8-13)26-18(23)22-14-4-2-3-12(20)9-14/h2-9,15H,10H2,1H3,(H,21,24)/t15-/m0/s1. The molecule has 26 heavy (non-hydrogen) atoms. The topological polar surface area (TPSA) is 61.8 Å². The molecule has 8 heteroatoms. The lowest BCUT2D eigenvalue weighted by Crippen LogP contribution is -2.30. The van der Waals surface area contributed by atoms with Crippen LogP contribution in [0.4, 0.5) is 20.2 Å². The van der Waals surface area contributed by atoms with Gasteiger partial charge in [0.2, 0.25) is 11.8 Å². The first-order valence-corrected chi connectivity index (χ1v) is 8.64. The van der Waals surface area contributed by atoms with E-state index in [1.807, 2.05) is 0 Å². The Morgan fingerprint density at radius 3 is 2.62 bits per heavy atom. The molecule has 0 aliphatic carbocycles. The van der Waals surface area contributed by atoms with Gasteiger partial charge < -0.3 is 5.32 Å². The van der Waals surface area contributed by atoms with Crippen LogP contribution in [0.3, 0.4) is 0 Å². The highest BCUT2D eigenvalue weighted by Crippen LogP contribution is 2.30. The summed E-state index contributed by atoms with van der Waals surface area (Å²) in [5.41, 5.74) is 0.845. The van der Waals surface area contributed by atoms with E-state index in [0.717, 1.165) is 11.8 Å².